The van der Waals surface area contributed by atoms with E-state index in [1.54, 1.807) is 13.2 Å². The molecule has 0 aliphatic carbocycles. The normalized spacial score (nSPS) is 30.4. The van der Waals surface area contributed by atoms with Gasteiger partial charge in [0.15, 0.2) is 16.6 Å². The molecule has 9 heteroatoms. The lowest BCUT2D eigenvalue weighted by Crippen LogP contribution is -2.54. The smallest absolute Gasteiger partial charge is 0.373 e. The van der Waals surface area contributed by atoms with Gasteiger partial charge in [-0.05, 0) is 75.5 Å². The van der Waals surface area contributed by atoms with Crippen molar-refractivity contribution in [3.8, 4) is 0 Å². The first-order valence-corrected chi connectivity index (χ1v) is 24.1. The maximum absolute atomic E-state index is 13.9. The minimum atomic E-state index is -2.29. The van der Waals surface area contributed by atoms with Gasteiger partial charge in [0.2, 0.25) is 5.76 Å². The number of carbonyl (C=O) groups is 1. The van der Waals surface area contributed by atoms with Crippen LogP contribution >= 0.6 is 0 Å². The van der Waals surface area contributed by atoms with Crippen LogP contribution in [0.25, 0.3) is 0 Å². The third kappa shape index (κ3) is 12.9. The van der Waals surface area contributed by atoms with Crippen LogP contribution in [0, 0.1) is 23.7 Å². The minimum absolute atomic E-state index is 0.0142. The molecule has 1 rings (SSSR count). The summed E-state index contributed by atoms with van der Waals surface area (Å²) < 4.78 is 32.5. The van der Waals surface area contributed by atoms with E-state index in [9.17, 15) is 9.90 Å². The second-order valence-electron chi connectivity index (χ2n) is 16.3. The van der Waals surface area contributed by atoms with E-state index >= 15 is 0 Å². The molecule has 9 atom stereocenters. The number of rotatable bonds is 13. The fraction of sp³-hybridized carbons (Fsp3) is 0.775. The molecule has 0 bridgehead atoms. The van der Waals surface area contributed by atoms with Crippen LogP contribution in [0.3, 0.4) is 0 Å². The zero-order chi connectivity index (χ0) is 37.9. The van der Waals surface area contributed by atoms with Crippen LogP contribution in [0.1, 0.15) is 96.4 Å². The molecule has 0 aromatic carbocycles. The molecule has 1 aliphatic heterocycles. The molecule has 49 heavy (non-hydrogen) atoms. The highest BCUT2D eigenvalue weighted by molar-refractivity contribution is 6.74. The number of ether oxygens (including phenoxy) is 3. The SMILES string of the molecule is CC[Si](CC)(CC)O[C@H](C)[C@@H](C)[C@H](O[Si](C)(C)C(C)(C)C)[C@H](C)[C@H]1OC(=O)/C(OC)=C/C(C)=C/[C@@H](C)[C@@H](O)[C@@H](C)C/C(C)=C/C=C/[C@@H]1OC. The molecule has 0 amide bonds. The minimum Gasteiger partial charge on any atom is -0.490 e. The van der Waals surface area contributed by atoms with Crippen molar-refractivity contribution < 1.29 is 33.0 Å². The van der Waals surface area contributed by atoms with Crippen molar-refractivity contribution in [2.45, 2.75) is 163 Å². The number of hydrogen-bond donors (Lipinski definition) is 1. The molecule has 1 aliphatic rings. The van der Waals surface area contributed by atoms with Crippen LogP contribution in [-0.2, 0) is 27.9 Å². The Balaban J connectivity index is 3.89. The molecule has 0 saturated heterocycles. The molecular weight excluding hydrogens is 649 g/mol. The fourth-order valence-electron chi connectivity index (χ4n) is 6.66. The van der Waals surface area contributed by atoms with E-state index in [0.29, 0.717) is 0 Å². The number of aliphatic hydroxyl groups is 1. The summed E-state index contributed by atoms with van der Waals surface area (Å²) in [5.74, 6) is -0.786. The molecule has 0 radical (unpaired) electrons. The highest BCUT2D eigenvalue weighted by Crippen LogP contribution is 2.41. The van der Waals surface area contributed by atoms with Crippen molar-refractivity contribution in [3.05, 3.63) is 47.3 Å². The standard InChI is InChI=1S/C40H74O7Si2/c1-18-49(19-2,20-3)46-33(10)31(8)37(47-48(16,17)40(11,12)13)32(9)38-34(43-14)23-21-22-27(4)24-29(6)36(41)30(7)25-28(5)26-35(44-15)39(42)45-38/h21-23,25-26,29-34,36-38,41H,18-20,24H2,1-17H3/b23-21+,27-22+,28-25+,35-26-/t29-,30+,31+,32-,33+,34-,36-,37-,38+/m0/s1. The summed E-state index contributed by atoms with van der Waals surface area (Å²) >= 11 is 0. The summed E-state index contributed by atoms with van der Waals surface area (Å²) in [6, 6.07) is 3.21. The average Bonchev–Trinajstić information content (AvgIpc) is 3.03. The predicted molar refractivity (Wildman–Crippen MR) is 210 cm³/mol. The Morgan fingerprint density at radius 1 is 1.00 bits per heavy atom. The Kier molecular flexibility index (Phi) is 18.5. The second kappa shape index (κ2) is 19.9. The van der Waals surface area contributed by atoms with E-state index in [1.165, 1.54) is 7.11 Å². The first-order chi connectivity index (χ1) is 22.6. The van der Waals surface area contributed by atoms with Crippen molar-refractivity contribution in [1.82, 2.24) is 0 Å². The molecule has 0 saturated carbocycles. The van der Waals surface area contributed by atoms with Gasteiger partial charge in [0.1, 0.15) is 12.2 Å². The van der Waals surface area contributed by atoms with E-state index in [1.807, 2.05) is 32.1 Å². The summed E-state index contributed by atoms with van der Waals surface area (Å²) in [6.07, 6.45) is 8.32. The number of allylic oxidation sites excluding steroid dienone is 5. The maximum atomic E-state index is 13.9. The van der Waals surface area contributed by atoms with Crippen LogP contribution < -0.4 is 0 Å². The van der Waals surface area contributed by atoms with Gasteiger partial charge in [0.25, 0.3) is 0 Å². The van der Waals surface area contributed by atoms with E-state index in [4.69, 9.17) is 23.1 Å². The predicted octanol–water partition coefficient (Wildman–Crippen LogP) is 10.0. The molecule has 284 valence electrons. The monoisotopic (exact) mass is 722 g/mol. The number of methoxy groups -OCH3 is 2. The Morgan fingerprint density at radius 3 is 2.06 bits per heavy atom. The molecule has 0 aromatic rings. The average molecular weight is 723 g/mol. The van der Waals surface area contributed by atoms with E-state index in [0.717, 1.165) is 35.7 Å². The number of carbonyl (C=O) groups excluding carboxylic acids is 1. The summed E-state index contributed by atoms with van der Waals surface area (Å²) in [5, 5.41) is 11.0. The topological polar surface area (TPSA) is 83.5 Å². The Bertz CT molecular complexity index is 1140. The first kappa shape index (κ1) is 45.5. The van der Waals surface area contributed by atoms with Crippen molar-refractivity contribution in [3.63, 3.8) is 0 Å². The lowest BCUT2D eigenvalue weighted by Gasteiger charge is -2.46. The summed E-state index contributed by atoms with van der Waals surface area (Å²) in [4.78, 5) is 13.9. The zero-order valence-corrected chi connectivity index (χ0v) is 36.3. The maximum Gasteiger partial charge on any atom is 0.373 e. The largest absolute Gasteiger partial charge is 0.490 e. The van der Waals surface area contributed by atoms with Gasteiger partial charge >= 0.3 is 5.97 Å². The number of esters is 1. The van der Waals surface area contributed by atoms with Crippen molar-refractivity contribution in [2.75, 3.05) is 14.2 Å². The Morgan fingerprint density at radius 2 is 1.57 bits per heavy atom. The zero-order valence-electron chi connectivity index (χ0n) is 34.3. The van der Waals surface area contributed by atoms with Crippen molar-refractivity contribution in [2.24, 2.45) is 23.7 Å². The quantitative estimate of drug-likeness (QED) is 0.150. The molecule has 0 unspecified atom stereocenters. The summed E-state index contributed by atoms with van der Waals surface area (Å²) in [6.45, 7) is 32.7. The highest BCUT2D eigenvalue weighted by atomic mass is 28.4. The van der Waals surface area contributed by atoms with Gasteiger partial charge in [-0.15, -0.1) is 0 Å². The first-order valence-electron chi connectivity index (χ1n) is 18.7. The number of hydrogen-bond acceptors (Lipinski definition) is 7. The Hall–Kier alpha value is -1.50. The fourth-order valence-corrected chi connectivity index (χ4v) is 11.1. The van der Waals surface area contributed by atoms with Crippen LogP contribution in [0.15, 0.2) is 47.3 Å². The molecule has 1 N–H and O–H groups in total. The van der Waals surface area contributed by atoms with Crippen molar-refractivity contribution in [1.29, 1.82) is 0 Å². The van der Waals surface area contributed by atoms with Crippen molar-refractivity contribution >= 4 is 22.6 Å². The molecule has 0 fully saturated rings. The Labute approximate surface area is 303 Å². The summed E-state index contributed by atoms with van der Waals surface area (Å²) in [7, 11) is -1.06. The molecular formula is C40H74O7Si2. The lowest BCUT2D eigenvalue weighted by molar-refractivity contribution is -0.162. The van der Waals surface area contributed by atoms with E-state index < -0.39 is 40.9 Å². The van der Waals surface area contributed by atoms with Crippen LogP contribution in [-0.4, -0.2) is 72.5 Å². The van der Waals surface area contributed by atoms with Gasteiger partial charge in [-0.25, -0.2) is 4.79 Å². The van der Waals surface area contributed by atoms with Gasteiger partial charge in [-0.1, -0.05) is 105 Å². The lowest BCUT2D eigenvalue weighted by atomic mass is 9.84. The van der Waals surface area contributed by atoms with Gasteiger partial charge in [0, 0.05) is 31.0 Å². The second-order valence-corrected chi connectivity index (χ2v) is 25.7. The molecule has 7 nitrogen and oxygen atoms in total. The third-order valence-corrected chi connectivity index (χ3v) is 20.7. The van der Waals surface area contributed by atoms with Crippen LogP contribution in [0.5, 0.6) is 0 Å². The van der Waals surface area contributed by atoms with Crippen LogP contribution in [0.2, 0.25) is 36.3 Å². The van der Waals surface area contributed by atoms with Gasteiger partial charge in [-0.3, -0.25) is 0 Å². The van der Waals surface area contributed by atoms with Gasteiger partial charge in [0.05, 0.1) is 19.3 Å². The van der Waals surface area contributed by atoms with Crippen LogP contribution in [0.4, 0.5) is 0 Å². The number of aliphatic hydroxyl groups excluding tert-OH is 1. The highest BCUT2D eigenvalue weighted by Gasteiger charge is 2.46. The number of cyclic esters (lactones) is 1. The third-order valence-electron chi connectivity index (χ3n) is 11.5. The van der Waals surface area contributed by atoms with E-state index in [2.05, 4.69) is 95.3 Å². The van der Waals surface area contributed by atoms with Gasteiger partial charge < -0.3 is 28.2 Å². The molecule has 0 aromatic heterocycles. The molecule has 1 heterocycles. The molecule has 0 spiro atoms. The van der Waals surface area contributed by atoms with Gasteiger partial charge in [-0.2, -0.15) is 0 Å². The van der Waals surface area contributed by atoms with E-state index in [-0.39, 0.29) is 46.7 Å². The summed E-state index contributed by atoms with van der Waals surface area (Å²) in [5.41, 5.74) is 1.96.